The van der Waals surface area contributed by atoms with Crippen molar-refractivity contribution in [3.8, 4) is 0 Å². The molecule has 0 fully saturated rings. The number of ether oxygens (including phenoxy) is 1. The third-order valence-corrected chi connectivity index (χ3v) is 5.11. The van der Waals surface area contributed by atoms with E-state index in [9.17, 15) is 23.2 Å². The quantitative estimate of drug-likeness (QED) is 0.648. The van der Waals surface area contributed by atoms with Gasteiger partial charge in [-0.25, -0.2) is 18.6 Å². The Morgan fingerprint density at radius 3 is 2.71 bits per heavy atom. The number of amides is 1. The molecule has 1 atom stereocenters. The normalized spacial score (nSPS) is 12.0. The van der Waals surface area contributed by atoms with E-state index in [2.05, 4.69) is 15.3 Å². The number of aromatic amines is 1. The van der Waals surface area contributed by atoms with E-state index in [1.807, 2.05) is 0 Å². The van der Waals surface area contributed by atoms with Crippen molar-refractivity contribution in [3.05, 3.63) is 56.5 Å². The Bertz CT molecular complexity index is 1160. The lowest BCUT2D eigenvalue weighted by Gasteiger charge is -2.13. The van der Waals surface area contributed by atoms with Gasteiger partial charge in [0.05, 0.1) is 11.1 Å². The topological polar surface area (TPSA) is 101 Å². The Labute approximate surface area is 161 Å². The van der Waals surface area contributed by atoms with Crippen LogP contribution >= 0.6 is 11.3 Å². The van der Waals surface area contributed by atoms with Crippen LogP contribution in [0.1, 0.15) is 28.0 Å². The zero-order valence-electron chi connectivity index (χ0n) is 15.1. The summed E-state index contributed by atoms with van der Waals surface area (Å²) in [6.07, 6.45) is -1.28. The predicted molar refractivity (Wildman–Crippen MR) is 99.6 cm³/mol. The first-order valence-corrected chi connectivity index (χ1v) is 8.96. The van der Waals surface area contributed by atoms with Crippen molar-refractivity contribution in [2.24, 2.45) is 0 Å². The number of esters is 1. The number of rotatable bonds is 4. The number of hydrogen-bond donors (Lipinski definition) is 2. The molecule has 28 heavy (non-hydrogen) atoms. The van der Waals surface area contributed by atoms with Gasteiger partial charge < -0.3 is 15.0 Å². The first-order chi connectivity index (χ1) is 13.2. The Morgan fingerprint density at radius 2 is 2.00 bits per heavy atom. The number of anilines is 1. The van der Waals surface area contributed by atoms with Crippen molar-refractivity contribution < 1.29 is 23.1 Å². The van der Waals surface area contributed by atoms with E-state index in [0.29, 0.717) is 16.2 Å². The van der Waals surface area contributed by atoms with Gasteiger partial charge in [0.15, 0.2) is 6.10 Å². The van der Waals surface area contributed by atoms with E-state index >= 15 is 0 Å². The molecule has 0 aliphatic carbocycles. The standard InChI is InChI=1S/C18H15F2N3O4S/c1-7-13-16(25)21-9(3)22-17(13)28-14(7)18(26)27-8(2)15(24)23-12-6-10(19)4-5-11(12)20/h4-6,8H,1-3H3,(H,23,24)(H,21,22,25)/t8-/m1/s1. The molecule has 7 nitrogen and oxygen atoms in total. The molecule has 3 aromatic rings. The Hall–Kier alpha value is -3.14. The van der Waals surface area contributed by atoms with Gasteiger partial charge in [-0.15, -0.1) is 11.3 Å². The van der Waals surface area contributed by atoms with Gasteiger partial charge in [-0.05, 0) is 38.5 Å². The summed E-state index contributed by atoms with van der Waals surface area (Å²) in [5.74, 6) is -2.79. The SMILES string of the molecule is Cc1nc2sc(C(=O)O[C@H](C)C(=O)Nc3cc(F)ccc3F)c(C)c2c(=O)[nH]1. The van der Waals surface area contributed by atoms with E-state index in [4.69, 9.17) is 4.74 Å². The van der Waals surface area contributed by atoms with Crippen molar-refractivity contribution in [1.82, 2.24) is 9.97 Å². The molecule has 146 valence electrons. The number of nitrogens with zero attached hydrogens (tertiary/aromatic N) is 1. The van der Waals surface area contributed by atoms with Crippen molar-refractivity contribution in [1.29, 1.82) is 0 Å². The van der Waals surface area contributed by atoms with Gasteiger partial charge in [0.2, 0.25) is 0 Å². The van der Waals surface area contributed by atoms with Crippen LogP contribution in [-0.4, -0.2) is 27.9 Å². The first kappa shape index (κ1) is 19.6. The molecule has 2 N–H and O–H groups in total. The summed E-state index contributed by atoms with van der Waals surface area (Å²) in [5.41, 5.74) is -0.345. The third kappa shape index (κ3) is 3.77. The molecule has 1 amide bonds. The maximum absolute atomic E-state index is 13.6. The number of carbonyl (C=O) groups excluding carboxylic acids is 2. The van der Waals surface area contributed by atoms with Crippen molar-refractivity contribution in [2.75, 3.05) is 5.32 Å². The summed E-state index contributed by atoms with van der Waals surface area (Å²) in [7, 11) is 0. The van der Waals surface area contributed by atoms with Crippen LogP contribution < -0.4 is 10.9 Å². The van der Waals surface area contributed by atoms with Crippen LogP contribution in [0.2, 0.25) is 0 Å². The Balaban J connectivity index is 1.79. The summed E-state index contributed by atoms with van der Waals surface area (Å²) in [6, 6.07) is 2.60. The van der Waals surface area contributed by atoms with E-state index in [0.717, 1.165) is 29.5 Å². The monoisotopic (exact) mass is 407 g/mol. The molecular weight excluding hydrogens is 392 g/mol. The molecule has 0 aliphatic rings. The smallest absolute Gasteiger partial charge is 0.349 e. The van der Waals surface area contributed by atoms with Crippen LogP contribution in [0.25, 0.3) is 10.2 Å². The lowest BCUT2D eigenvalue weighted by Crippen LogP contribution is -2.30. The van der Waals surface area contributed by atoms with E-state index < -0.39 is 29.6 Å². The summed E-state index contributed by atoms with van der Waals surface area (Å²) in [5, 5.41) is 2.45. The zero-order chi connectivity index (χ0) is 20.6. The zero-order valence-corrected chi connectivity index (χ0v) is 15.9. The number of halogens is 2. The molecule has 0 radical (unpaired) electrons. The molecule has 0 unspecified atom stereocenters. The number of hydrogen-bond acceptors (Lipinski definition) is 6. The molecule has 2 heterocycles. The summed E-state index contributed by atoms with van der Waals surface area (Å²) >= 11 is 0.975. The highest BCUT2D eigenvalue weighted by Crippen LogP contribution is 2.28. The highest BCUT2D eigenvalue weighted by Gasteiger charge is 2.25. The molecular formula is C18H15F2N3O4S. The lowest BCUT2D eigenvalue weighted by atomic mass is 10.2. The third-order valence-electron chi connectivity index (χ3n) is 3.94. The summed E-state index contributed by atoms with van der Waals surface area (Å²) in [4.78, 5) is 43.9. The van der Waals surface area contributed by atoms with Crippen molar-refractivity contribution in [3.63, 3.8) is 0 Å². The van der Waals surface area contributed by atoms with Gasteiger partial charge in [0.1, 0.15) is 27.2 Å². The highest BCUT2D eigenvalue weighted by atomic mass is 32.1. The Kier molecular flexibility index (Phi) is 5.23. The van der Waals surface area contributed by atoms with Crippen LogP contribution in [0.15, 0.2) is 23.0 Å². The van der Waals surface area contributed by atoms with Crippen LogP contribution in [0.5, 0.6) is 0 Å². The summed E-state index contributed by atoms with van der Waals surface area (Å²) in [6.45, 7) is 4.49. The number of aryl methyl sites for hydroxylation is 2. The fraction of sp³-hybridized carbons (Fsp3) is 0.222. The Morgan fingerprint density at radius 1 is 1.29 bits per heavy atom. The fourth-order valence-electron chi connectivity index (χ4n) is 2.54. The maximum Gasteiger partial charge on any atom is 0.349 e. The van der Waals surface area contributed by atoms with Gasteiger partial charge in [-0.2, -0.15) is 0 Å². The van der Waals surface area contributed by atoms with Gasteiger partial charge in [0, 0.05) is 6.07 Å². The number of thiophene rings is 1. The molecule has 0 saturated carbocycles. The molecule has 3 rings (SSSR count). The van der Waals surface area contributed by atoms with E-state index in [1.54, 1.807) is 13.8 Å². The fourth-order valence-corrected chi connectivity index (χ4v) is 3.65. The molecule has 0 saturated heterocycles. The van der Waals surface area contributed by atoms with Gasteiger partial charge in [0.25, 0.3) is 11.5 Å². The average Bonchev–Trinajstić information content (AvgIpc) is 2.94. The average molecular weight is 407 g/mol. The minimum Gasteiger partial charge on any atom is -0.448 e. The highest BCUT2D eigenvalue weighted by molar-refractivity contribution is 7.20. The number of carbonyl (C=O) groups is 2. The van der Waals surface area contributed by atoms with Crippen molar-refractivity contribution in [2.45, 2.75) is 26.9 Å². The second-order valence-corrected chi connectivity index (χ2v) is 7.05. The summed E-state index contributed by atoms with van der Waals surface area (Å²) < 4.78 is 32.0. The second-order valence-electron chi connectivity index (χ2n) is 6.05. The molecule has 2 aromatic heterocycles. The largest absolute Gasteiger partial charge is 0.448 e. The molecule has 0 bridgehead atoms. The molecule has 1 aromatic carbocycles. The number of benzene rings is 1. The first-order valence-electron chi connectivity index (χ1n) is 8.14. The van der Waals surface area contributed by atoms with Crippen LogP contribution in [-0.2, 0) is 9.53 Å². The molecule has 0 spiro atoms. The van der Waals surface area contributed by atoms with Crippen molar-refractivity contribution >= 4 is 39.1 Å². The predicted octanol–water partition coefficient (Wildman–Crippen LogP) is 3.06. The number of nitrogens with one attached hydrogen (secondary N) is 2. The molecule has 10 heteroatoms. The minimum absolute atomic E-state index is 0.134. The van der Waals surface area contributed by atoms with Crippen LogP contribution in [0, 0.1) is 25.5 Å². The van der Waals surface area contributed by atoms with Crippen LogP contribution in [0.4, 0.5) is 14.5 Å². The van der Waals surface area contributed by atoms with Gasteiger partial charge in [-0.1, -0.05) is 0 Å². The van der Waals surface area contributed by atoms with Crippen LogP contribution in [0.3, 0.4) is 0 Å². The van der Waals surface area contributed by atoms with Gasteiger partial charge in [-0.3, -0.25) is 9.59 Å². The minimum atomic E-state index is -1.28. The van der Waals surface area contributed by atoms with E-state index in [1.165, 1.54) is 6.92 Å². The second kappa shape index (κ2) is 7.47. The van der Waals surface area contributed by atoms with E-state index in [-0.39, 0.29) is 21.5 Å². The number of aromatic nitrogens is 2. The van der Waals surface area contributed by atoms with Gasteiger partial charge >= 0.3 is 5.97 Å². The number of H-pyrrole nitrogens is 1. The lowest BCUT2D eigenvalue weighted by molar-refractivity contribution is -0.123. The maximum atomic E-state index is 13.6. The molecule has 0 aliphatic heterocycles. The number of fused-ring (bicyclic) bond motifs is 1.